The van der Waals surface area contributed by atoms with Gasteiger partial charge in [-0.3, -0.25) is 0 Å². The lowest BCUT2D eigenvalue weighted by atomic mass is 10.1. The molecule has 0 unspecified atom stereocenters. The van der Waals surface area contributed by atoms with Gasteiger partial charge >= 0.3 is 0 Å². The van der Waals surface area contributed by atoms with E-state index in [4.69, 9.17) is 0 Å². The summed E-state index contributed by atoms with van der Waals surface area (Å²) in [6, 6.07) is 6.35. The maximum atomic E-state index is 4.26. The van der Waals surface area contributed by atoms with Gasteiger partial charge in [0.25, 0.3) is 0 Å². The smallest absolute Gasteiger partial charge is 0.0677 e. The summed E-state index contributed by atoms with van der Waals surface area (Å²) >= 11 is 3.39. The Morgan fingerprint density at radius 2 is 2.07 bits per heavy atom. The molecule has 0 radical (unpaired) electrons. The molecule has 0 N–H and O–H groups in total. The van der Waals surface area contributed by atoms with Crippen molar-refractivity contribution in [2.75, 3.05) is 0 Å². The lowest BCUT2D eigenvalue weighted by Crippen LogP contribution is -1.97. The van der Waals surface area contributed by atoms with E-state index in [1.807, 2.05) is 10.9 Å². The molecule has 1 heterocycles. The van der Waals surface area contributed by atoms with Gasteiger partial charge in [-0.05, 0) is 47.0 Å². The Labute approximate surface area is 91.7 Å². The van der Waals surface area contributed by atoms with E-state index in [2.05, 4.69) is 53.1 Å². The molecule has 1 aromatic carbocycles. The van der Waals surface area contributed by atoms with Crippen LogP contribution in [0.4, 0.5) is 0 Å². The van der Waals surface area contributed by atoms with E-state index in [1.165, 1.54) is 11.1 Å². The molecule has 3 heteroatoms. The van der Waals surface area contributed by atoms with Crippen molar-refractivity contribution in [3.05, 3.63) is 46.2 Å². The highest BCUT2D eigenvalue weighted by molar-refractivity contribution is 9.10. The summed E-state index contributed by atoms with van der Waals surface area (Å²) in [5.41, 5.74) is 3.61. The highest BCUT2D eigenvalue weighted by Gasteiger charge is 2.02. The lowest BCUT2D eigenvalue weighted by molar-refractivity contribution is 0.871. The maximum absolute atomic E-state index is 4.26. The van der Waals surface area contributed by atoms with Crippen LogP contribution in [0.15, 0.2) is 35.1 Å². The zero-order valence-corrected chi connectivity index (χ0v) is 9.75. The summed E-state index contributed by atoms with van der Waals surface area (Å²) in [4.78, 5) is 0. The Bertz CT molecular complexity index is 460. The highest BCUT2D eigenvalue weighted by atomic mass is 79.9. The quantitative estimate of drug-likeness (QED) is 0.760. The van der Waals surface area contributed by atoms with Crippen molar-refractivity contribution in [2.45, 2.75) is 13.8 Å². The summed E-state index contributed by atoms with van der Waals surface area (Å²) in [6.45, 7) is 4.17. The molecule has 0 bridgehead atoms. The van der Waals surface area contributed by atoms with Crippen LogP contribution in [0, 0.1) is 13.8 Å². The molecule has 0 saturated carbocycles. The average molecular weight is 251 g/mol. The van der Waals surface area contributed by atoms with Crippen LogP contribution in [-0.4, -0.2) is 9.78 Å². The van der Waals surface area contributed by atoms with Crippen LogP contribution < -0.4 is 0 Å². The van der Waals surface area contributed by atoms with Crippen LogP contribution in [0.25, 0.3) is 5.69 Å². The van der Waals surface area contributed by atoms with Crippen molar-refractivity contribution in [3.63, 3.8) is 0 Å². The molecule has 2 nitrogen and oxygen atoms in total. The van der Waals surface area contributed by atoms with Gasteiger partial charge in [0, 0.05) is 6.20 Å². The van der Waals surface area contributed by atoms with Crippen molar-refractivity contribution < 1.29 is 0 Å². The third-order valence-corrected chi connectivity index (χ3v) is 2.57. The number of halogens is 1. The molecule has 0 saturated heterocycles. The van der Waals surface area contributed by atoms with Gasteiger partial charge in [0.2, 0.25) is 0 Å². The number of benzene rings is 1. The molecule has 72 valence electrons. The fraction of sp³-hybridized carbons (Fsp3) is 0.182. The molecule has 0 fully saturated rings. The third-order valence-electron chi connectivity index (χ3n) is 2.16. The van der Waals surface area contributed by atoms with Crippen molar-refractivity contribution in [1.82, 2.24) is 9.78 Å². The summed E-state index contributed by atoms with van der Waals surface area (Å²) in [5.74, 6) is 0. The fourth-order valence-electron chi connectivity index (χ4n) is 1.40. The Balaban J connectivity index is 2.55. The van der Waals surface area contributed by atoms with E-state index in [1.54, 1.807) is 6.20 Å². The highest BCUT2D eigenvalue weighted by Crippen LogP contribution is 2.17. The monoisotopic (exact) mass is 250 g/mol. The minimum atomic E-state index is 0.999. The van der Waals surface area contributed by atoms with Gasteiger partial charge in [0.05, 0.1) is 16.4 Å². The second-order valence-electron chi connectivity index (χ2n) is 3.39. The van der Waals surface area contributed by atoms with Crippen LogP contribution in [0.2, 0.25) is 0 Å². The Morgan fingerprint density at radius 3 is 2.71 bits per heavy atom. The zero-order valence-electron chi connectivity index (χ0n) is 8.16. The lowest BCUT2D eigenvalue weighted by Gasteiger charge is -2.06. The molecule has 0 amide bonds. The van der Waals surface area contributed by atoms with Crippen LogP contribution in [0.5, 0.6) is 0 Å². The van der Waals surface area contributed by atoms with Crippen molar-refractivity contribution >= 4 is 15.9 Å². The van der Waals surface area contributed by atoms with Crippen LogP contribution >= 0.6 is 15.9 Å². The predicted molar refractivity (Wildman–Crippen MR) is 60.7 cm³/mol. The molecule has 2 aromatic rings. The van der Waals surface area contributed by atoms with Gasteiger partial charge in [-0.25, -0.2) is 4.68 Å². The summed E-state index contributed by atoms with van der Waals surface area (Å²) in [5, 5.41) is 4.26. The largest absolute Gasteiger partial charge is 0.240 e. The Morgan fingerprint density at radius 1 is 1.29 bits per heavy atom. The van der Waals surface area contributed by atoms with Crippen molar-refractivity contribution in [1.29, 1.82) is 0 Å². The van der Waals surface area contributed by atoms with Gasteiger partial charge in [0.1, 0.15) is 0 Å². The maximum Gasteiger partial charge on any atom is 0.0677 e. The third kappa shape index (κ3) is 1.73. The second kappa shape index (κ2) is 3.58. The Kier molecular flexibility index (Phi) is 2.42. The van der Waals surface area contributed by atoms with Gasteiger partial charge < -0.3 is 0 Å². The molecular weight excluding hydrogens is 240 g/mol. The molecular formula is C11H11BrN2. The van der Waals surface area contributed by atoms with E-state index in [0.717, 1.165) is 10.2 Å². The first kappa shape index (κ1) is 9.46. The van der Waals surface area contributed by atoms with Gasteiger partial charge in [-0.15, -0.1) is 0 Å². The molecule has 1 aromatic heterocycles. The van der Waals surface area contributed by atoms with Gasteiger partial charge in [0.15, 0.2) is 0 Å². The van der Waals surface area contributed by atoms with E-state index in [0.29, 0.717) is 0 Å². The molecule has 0 aliphatic carbocycles. The molecule has 0 aliphatic heterocycles. The van der Waals surface area contributed by atoms with Crippen LogP contribution in [0.3, 0.4) is 0 Å². The topological polar surface area (TPSA) is 17.8 Å². The first-order valence-electron chi connectivity index (χ1n) is 4.44. The summed E-state index contributed by atoms with van der Waals surface area (Å²) in [6.07, 6.45) is 3.75. The summed E-state index contributed by atoms with van der Waals surface area (Å²) < 4.78 is 2.88. The first-order chi connectivity index (χ1) is 6.66. The SMILES string of the molecule is Cc1ccc(C)c(-n2cc(Br)cn2)c1. The van der Waals surface area contributed by atoms with Crippen molar-refractivity contribution in [3.8, 4) is 5.69 Å². The molecule has 2 rings (SSSR count). The minimum absolute atomic E-state index is 0.999. The van der Waals surface area contributed by atoms with E-state index in [9.17, 15) is 0 Å². The first-order valence-corrected chi connectivity index (χ1v) is 5.24. The molecule has 14 heavy (non-hydrogen) atoms. The van der Waals surface area contributed by atoms with E-state index >= 15 is 0 Å². The number of hydrogen-bond acceptors (Lipinski definition) is 1. The molecule has 0 spiro atoms. The number of hydrogen-bond donors (Lipinski definition) is 0. The normalized spacial score (nSPS) is 10.5. The van der Waals surface area contributed by atoms with Crippen LogP contribution in [0.1, 0.15) is 11.1 Å². The fourth-order valence-corrected chi connectivity index (χ4v) is 1.68. The zero-order chi connectivity index (χ0) is 10.1. The molecule has 0 atom stereocenters. The van der Waals surface area contributed by atoms with Gasteiger partial charge in [-0.2, -0.15) is 5.10 Å². The minimum Gasteiger partial charge on any atom is -0.240 e. The number of rotatable bonds is 1. The molecule has 0 aliphatic rings. The predicted octanol–water partition coefficient (Wildman–Crippen LogP) is 3.25. The second-order valence-corrected chi connectivity index (χ2v) is 4.31. The number of nitrogens with zero attached hydrogens (tertiary/aromatic N) is 2. The van der Waals surface area contributed by atoms with E-state index < -0.39 is 0 Å². The van der Waals surface area contributed by atoms with E-state index in [-0.39, 0.29) is 0 Å². The average Bonchev–Trinajstić information content (AvgIpc) is 2.56. The Hall–Kier alpha value is -1.09. The van der Waals surface area contributed by atoms with Crippen LogP contribution in [-0.2, 0) is 0 Å². The standard InChI is InChI=1S/C11H11BrN2/c1-8-3-4-9(2)11(5-8)14-7-10(12)6-13-14/h3-7H,1-2H3. The van der Waals surface area contributed by atoms with Gasteiger partial charge in [-0.1, -0.05) is 12.1 Å². The number of aryl methyl sites for hydroxylation is 2. The van der Waals surface area contributed by atoms with Crippen molar-refractivity contribution in [2.24, 2.45) is 0 Å². The summed E-state index contributed by atoms with van der Waals surface area (Å²) in [7, 11) is 0. The number of aromatic nitrogens is 2.